The lowest BCUT2D eigenvalue weighted by Gasteiger charge is -2.11. The van der Waals surface area contributed by atoms with E-state index >= 15 is 0 Å². The van der Waals surface area contributed by atoms with E-state index in [4.69, 9.17) is 23.1 Å². The zero-order valence-electron chi connectivity index (χ0n) is 10.1. The lowest BCUT2D eigenvalue weighted by molar-refractivity contribution is 1.37. The molecule has 94 valence electrons. The summed E-state index contributed by atoms with van der Waals surface area (Å²) in [5.41, 5.74) is 13.8. The van der Waals surface area contributed by atoms with Gasteiger partial charge in [-0.2, -0.15) is 0 Å². The normalized spacial score (nSPS) is 10.8. The molecule has 0 saturated heterocycles. The first kappa shape index (κ1) is 11.8. The Hall–Kier alpha value is -2.26. The predicted octanol–water partition coefficient (Wildman–Crippen LogP) is 3.72. The summed E-state index contributed by atoms with van der Waals surface area (Å²) in [4.78, 5) is 4.22. The summed E-state index contributed by atoms with van der Waals surface area (Å²) in [5, 5.41) is 2.54. The van der Waals surface area contributed by atoms with Crippen molar-refractivity contribution in [2.75, 3.05) is 11.5 Å². The van der Waals surface area contributed by atoms with Crippen LogP contribution in [0.2, 0.25) is 5.02 Å². The summed E-state index contributed by atoms with van der Waals surface area (Å²) < 4.78 is 0. The lowest BCUT2D eigenvalue weighted by atomic mass is 9.99. The molecule has 4 heteroatoms. The van der Waals surface area contributed by atoms with Gasteiger partial charge in [-0.3, -0.25) is 0 Å². The van der Waals surface area contributed by atoms with Crippen LogP contribution in [0.25, 0.3) is 21.9 Å². The smallest absolute Gasteiger partial charge is 0.134 e. The fraction of sp³-hybridized carbons (Fsp3) is 0. The van der Waals surface area contributed by atoms with Gasteiger partial charge in [-0.15, -0.1) is 0 Å². The molecular weight excluding hydrogens is 258 g/mol. The van der Waals surface area contributed by atoms with Gasteiger partial charge in [0.2, 0.25) is 0 Å². The molecule has 1 aromatic heterocycles. The highest BCUT2D eigenvalue weighted by Gasteiger charge is 2.12. The molecule has 4 N–H and O–H groups in total. The Labute approximate surface area is 115 Å². The molecule has 0 aliphatic rings. The van der Waals surface area contributed by atoms with Gasteiger partial charge in [0, 0.05) is 16.0 Å². The Kier molecular flexibility index (Phi) is 2.76. The zero-order valence-corrected chi connectivity index (χ0v) is 10.9. The van der Waals surface area contributed by atoms with E-state index < -0.39 is 0 Å². The number of rotatable bonds is 1. The largest absolute Gasteiger partial charge is 0.383 e. The fourth-order valence-corrected chi connectivity index (χ4v) is 2.45. The molecule has 0 spiro atoms. The van der Waals surface area contributed by atoms with Gasteiger partial charge in [0.15, 0.2) is 0 Å². The van der Waals surface area contributed by atoms with Crippen LogP contribution in [0.15, 0.2) is 48.5 Å². The number of aromatic nitrogens is 1. The monoisotopic (exact) mass is 269 g/mol. The molecule has 2 aromatic carbocycles. The maximum atomic E-state index is 6.04. The molecule has 0 saturated carbocycles. The molecule has 0 unspecified atom stereocenters. The summed E-state index contributed by atoms with van der Waals surface area (Å²) in [6.07, 6.45) is 0. The van der Waals surface area contributed by atoms with Crippen LogP contribution in [-0.4, -0.2) is 4.98 Å². The van der Waals surface area contributed by atoms with E-state index in [0.717, 1.165) is 21.9 Å². The SMILES string of the molecule is Nc1nc(N)c2ccccc2c1-c1cccc(Cl)c1. The second kappa shape index (κ2) is 4.44. The third-order valence-electron chi connectivity index (χ3n) is 3.08. The highest BCUT2D eigenvalue weighted by Crippen LogP contribution is 2.35. The van der Waals surface area contributed by atoms with Crippen LogP contribution in [0.3, 0.4) is 0 Å². The lowest BCUT2D eigenvalue weighted by Crippen LogP contribution is -2.00. The summed E-state index contributed by atoms with van der Waals surface area (Å²) >= 11 is 6.04. The maximum absolute atomic E-state index is 6.04. The topological polar surface area (TPSA) is 64.9 Å². The minimum absolute atomic E-state index is 0.415. The number of nitrogens with two attached hydrogens (primary N) is 2. The number of fused-ring (bicyclic) bond motifs is 1. The van der Waals surface area contributed by atoms with Crippen molar-refractivity contribution >= 4 is 34.0 Å². The Morgan fingerprint density at radius 1 is 0.842 bits per heavy atom. The molecular formula is C15H12ClN3. The molecule has 3 aromatic rings. The molecule has 1 heterocycles. The Balaban J connectivity index is 2.41. The second-order valence-corrected chi connectivity index (χ2v) is 4.75. The summed E-state index contributed by atoms with van der Waals surface area (Å²) in [6.45, 7) is 0. The van der Waals surface area contributed by atoms with E-state index in [0.29, 0.717) is 16.7 Å². The number of pyridine rings is 1. The number of hydrogen-bond donors (Lipinski definition) is 2. The number of benzene rings is 2. The van der Waals surface area contributed by atoms with Crippen LogP contribution >= 0.6 is 11.6 Å². The summed E-state index contributed by atoms with van der Waals surface area (Å²) in [6, 6.07) is 15.4. The first-order valence-electron chi connectivity index (χ1n) is 5.86. The average molecular weight is 270 g/mol. The quantitative estimate of drug-likeness (QED) is 0.708. The van der Waals surface area contributed by atoms with Gasteiger partial charge in [-0.05, 0) is 23.1 Å². The number of anilines is 2. The molecule has 19 heavy (non-hydrogen) atoms. The molecule has 0 radical (unpaired) electrons. The molecule has 0 bridgehead atoms. The minimum Gasteiger partial charge on any atom is -0.383 e. The Morgan fingerprint density at radius 3 is 2.32 bits per heavy atom. The van der Waals surface area contributed by atoms with Crippen molar-refractivity contribution in [1.82, 2.24) is 4.98 Å². The van der Waals surface area contributed by atoms with E-state index in [9.17, 15) is 0 Å². The zero-order chi connectivity index (χ0) is 13.4. The maximum Gasteiger partial charge on any atom is 0.134 e. The highest BCUT2D eigenvalue weighted by atomic mass is 35.5. The standard InChI is InChI=1S/C15H12ClN3/c16-10-5-3-4-9(8-10)13-11-6-1-2-7-12(11)14(17)19-15(13)18/h1-8H,(H4,17,18,19). The Morgan fingerprint density at radius 2 is 1.58 bits per heavy atom. The number of halogens is 1. The van der Waals surface area contributed by atoms with Crippen molar-refractivity contribution in [1.29, 1.82) is 0 Å². The number of nitrogen functional groups attached to an aromatic ring is 2. The van der Waals surface area contributed by atoms with E-state index in [1.165, 1.54) is 0 Å². The van der Waals surface area contributed by atoms with Crippen LogP contribution in [0.1, 0.15) is 0 Å². The van der Waals surface area contributed by atoms with Crippen molar-refractivity contribution in [3.63, 3.8) is 0 Å². The van der Waals surface area contributed by atoms with Gasteiger partial charge >= 0.3 is 0 Å². The molecule has 3 nitrogen and oxygen atoms in total. The summed E-state index contributed by atoms with van der Waals surface area (Å²) in [7, 11) is 0. The van der Waals surface area contributed by atoms with Crippen molar-refractivity contribution in [2.24, 2.45) is 0 Å². The van der Waals surface area contributed by atoms with E-state index in [1.54, 1.807) is 0 Å². The first-order valence-corrected chi connectivity index (χ1v) is 6.24. The van der Waals surface area contributed by atoms with Gasteiger partial charge < -0.3 is 11.5 Å². The van der Waals surface area contributed by atoms with Crippen LogP contribution in [0.5, 0.6) is 0 Å². The third kappa shape index (κ3) is 1.98. The molecule has 0 aliphatic carbocycles. The van der Waals surface area contributed by atoms with Gasteiger partial charge in [-0.25, -0.2) is 4.98 Å². The molecule has 0 atom stereocenters. The molecule has 0 aliphatic heterocycles. The van der Waals surface area contributed by atoms with Crippen LogP contribution < -0.4 is 11.5 Å². The number of nitrogens with zero attached hydrogens (tertiary/aromatic N) is 1. The van der Waals surface area contributed by atoms with Crippen molar-refractivity contribution in [2.45, 2.75) is 0 Å². The van der Waals surface area contributed by atoms with Crippen LogP contribution in [0.4, 0.5) is 11.6 Å². The first-order chi connectivity index (χ1) is 9.16. The highest BCUT2D eigenvalue weighted by molar-refractivity contribution is 6.31. The van der Waals surface area contributed by atoms with E-state index in [2.05, 4.69) is 4.98 Å². The van der Waals surface area contributed by atoms with Crippen molar-refractivity contribution < 1.29 is 0 Å². The summed E-state index contributed by atoms with van der Waals surface area (Å²) in [5.74, 6) is 0.859. The predicted molar refractivity (Wildman–Crippen MR) is 81.0 cm³/mol. The Bertz CT molecular complexity index is 768. The molecule has 3 rings (SSSR count). The van der Waals surface area contributed by atoms with Crippen LogP contribution in [-0.2, 0) is 0 Å². The third-order valence-corrected chi connectivity index (χ3v) is 3.32. The fourth-order valence-electron chi connectivity index (χ4n) is 2.26. The van der Waals surface area contributed by atoms with Crippen LogP contribution in [0, 0.1) is 0 Å². The van der Waals surface area contributed by atoms with Gasteiger partial charge in [-0.1, -0.05) is 48.0 Å². The van der Waals surface area contributed by atoms with Gasteiger partial charge in [0.25, 0.3) is 0 Å². The minimum atomic E-state index is 0.415. The van der Waals surface area contributed by atoms with Gasteiger partial charge in [0.05, 0.1) is 0 Å². The molecule has 0 fully saturated rings. The van der Waals surface area contributed by atoms with E-state index in [-0.39, 0.29) is 0 Å². The van der Waals surface area contributed by atoms with E-state index in [1.807, 2.05) is 48.5 Å². The van der Waals surface area contributed by atoms with Crippen molar-refractivity contribution in [3.8, 4) is 11.1 Å². The molecule has 0 amide bonds. The average Bonchev–Trinajstić information content (AvgIpc) is 2.39. The van der Waals surface area contributed by atoms with Gasteiger partial charge in [0.1, 0.15) is 11.6 Å². The van der Waals surface area contributed by atoms with Crippen molar-refractivity contribution in [3.05, 3.63) is 53.6 Å². The second-order valence-electron chi connectivity index (χ2n) is 4.31. The number of hydrogen-bond acceptors (Lipinski definition) is 3.